The Bertz CT molecular complexity index is 1160. The average Bonchev–Trinajstić information content (AvgIpc) is 3.03. The number of imide groups is 1. The molecule has 1 heterocycles. The van der Waals surface area contributed by atoms with Crippen molar-refractivity contribution in [3.05, 3.63) is 106 Å². The van der Waals surface area contributed by atoms with Crippen LogP contribution in [0.25, 0.3) is 0 Å². The Labute approximate surface area is 176 Å². The van der Waals surface area contributed by atoms with Crippen LogP contribution in [0.4, 0.5) is 5.69 Å². The number of para-hydroxylation sites is 2. The van der Waals surface area contributed by atoms with Crippen molar-refractivity contribution in [2.45, 2.75) is 6.10 Å². The highest BCUT2D eigenvalue weighted by Crippen LogP contribution is 2.32. The summed E-state index contributed by atoms with van der Waals surface area (Å²) in [5.41, 5.74) is 0.617. The van der Waals surface area contributed by atoms with Gasteiger partial charge in [-0.3, -0.25) is 29.4 Å². The van der Waals surface area contributed by atoms with Crippen LogP contribution in [0.5, 0.6) is 5.75 Å². The smallest absolute Gasteiger partial charge is 0.310 e. The Balaban J connectivity index is 1.64. The van der Waals surface area contributed by atoms with Crippen LogP contribution in [-0.4, -0.2) is 34.0 Å². The molecule has 1 aliphatic heterocycles. The normalized spacial score (nSPS) is 13.6. The van der Waals surface area contributed by atoms with Gasteiger partial charge in [0.1, 0.15) is 0 Å². The molecule has 4 rings (SSSR count). The fraction of sp³-hybridized carbons (Fsp3) is 0.0870. The molecule has 1 atom stereocenters. The topological polar surface area (TPSA) is 107 Å². The van der Waals surface area contributed by atoms with Gasteiger partial charge in [0.05, 0.1) is 22.6 Å². The number of ketones is 1. The van der Waals surface area contributed by atoms with Crippen LogP contribution in [0.15, 0.2) is 78.9 Å². The van der Waals surface area contributed by atoms with Crippen LogP contribution in [-0.2, 0) is 4.79 Å². The number of carbonyl (C=O) groups is 3. The fourth-order valence-corrected chi connectivity index (χ4v) is 3.40. The number of amides is 2. The molecule has 0 saturated carbocycles. The van der Waals surface area contributed by atoms with Crippen molar-refractivity contribution in [1.29, 1.82) is 0 Å². The molecule has 3 aromatic carbocycles. The predicted molar refractivity (Wildman–Crippen MR) is 110 cm³/mol. The average molecular weight is 416 g/mol. The Morgan fingerprint density at radius 3 is 2.03 bits per heavy atom. The van der Waals surface area contributed by atoms with Crippen molar-refractivity contribution in [2.24, 2.45) is 0 Å². The molecule has 0 fully saturated rings. The number of Topliss-reactive ketones (excluding diaryl/α,β-unsaturated/α-hetero) is 1. The number of carbonyl (C=O) groups excluding carboxylic acids is 3. The van der Waals surface area contributed by atoms with Crippen molar-refractivity contribution in [1.82, 2.24) is 4.90 Å². The largest absolute Gasteiger partial charge is 0.471 e. The third-order valence-electron chi connectivity index (χ3n) is 4.89. The van der Waals surface area contributed by atoms with Gasteiger partial charge in [-0.1, -0.05) is 54.6 Å². The van der Waals surface area contributed by atoms with Gasteiger partial charge < -0.3 is 4.74 Å². The predicted octanol–water partition coefficient (Wildman–Crippen LogP) is 3.58. The van der Waals surface area contributed by atoms with Crippen molar-refractivity contribution in [2.75, 3.05) is 6.54 Å². The van der Waals surface area contributed by atoms with Crippen LogP contribution < -0.4 is 4.74 Å². The summed E-state index contributed by atoms with van der Waals surface area (Å²) in [5, 5.41) is 11.3. The molecule has 0 spiro atoms. The van der Waals surface area contributed by atoms with Crippen LogP contribution in [0.2, 0.25) is 0 Å². The summed E-state index contributed by atoms with van der Waals surface area (Å²) in [7, 11) is 0. The van der Waals surface area contributed by atoms with E-state index >= 15 is 0 Å². The molecule has 8 heteroatoms. The summed E-state index contributed by atoms with van der Waals surface area (Å²) in [6.07, 6.45) is -1.24. The first-order chi connectivity index (χ1) is 15.0. The summed E-state index contributed by atoms with van der Waals surface area (Å²) in [5.74, 6) is -1.80. The van der Waals surface area contributed by atoms with E-state index in [4.69, 9.17) is 4.74 Å². The van der Waals surface area contributed by atoms with Crippen molar-refractivity contribution in [3.63, 3.8) is 0 Å². The summed E-state index contributed by atoms with van der Waals surface area (Å²) in [6.45, 7) is -0.521. The molecule has 0 aromatic heterocycles. The molecule has 1 aliphatic rings. The molecule has 154 valence electrons. The number of hydrogen-bond acceptors (Lipinski definition) is 6. The monoisotopic (exact) mass is 416 g/mol. The molecule has 31 heavy (non-hydrogen) atoms. The van der Waals surface area contributed by atoms with Crippen LogP contribution >= 0.6 is 0 Å². The highest BCUT2D eigenvalue weighted by molar-refractivity contribution is 6.22. The van der Waals surface area contributed by atoms with Gasteiger partial charge in [0.25, 0.3) is 11.8 Å². The second kappa shape index (κ2) is 8.19. The molecule has 3 aromatic rings. The maximum Gasteiger partial charge on any atom is 0.310 e. The van der Waals surface area contributed by atoms with Gasteiger partial charge in [-0.15, -0.1) is 0 Å². The Morgan fingerprint density at radius 1 is 0.871 bits per heavy atom. The molecule has 0 aliphatic carbocycles. The summed E-state index contributed by atoms with van der Waals surface area (Å²) < 4.78 is 5.77. The minimum Gasteiger partial charge on any atom is -0.471 e. The minimum atomic E-state index is -1.24. The highest BCUT2D eigenvalue weighted by atomic mass is 16.6. The first-order valence-corrected chi connectivity index (χ1v) is 9.40. The zero-order valence-corrected chi connectivity index (χ0v) is 16.1. The Kier molecular flexibility index (Phi) is 5.28. The quantitative estimate of drug-likeness (QED) is 0.331. The van der Waals surface area contributed by atoms with E-state index in [9.17, 15) is 24.5 Å². The number of nitro benzene ring substituents is 1. The number of rotatable bonds is 7. The fourth-order valence-electron chi connectivity index (χ4n) is 3.40. The van der Waals surface area contributed by atoms with Gasteiger partial charge in [0, 0.05) is 6.07 Å². The van der Waals surface area contributed by atoms with Crippen LogP contribution in [0, 0.1) is 10.1 Å². The van der Waals surface area contributed by atoms with E-state index in [2.05, 4.69) is 0 Å². The van der Waals surface area contributed by atoms with E-state index in [1.807, 2.05) is 0 Å². The number of ether oxygens (including phenoxy) is 1. The first-order valence-electron chi connectivity index (χ1n) is 9.40. The molecular weight excluding hydrogens is 400 g/mol. The molecule has 0 saturated heterocycles. The highest BCUT2D eigenvalue weighted by Gasteiger charge is 2.38. The molecule has 0 radical (unpaired) electrons. The van der Waals surface area contributed by atoms with Crippen molar-refractivity contribution < 1.29 is 24.0 Å². The molecule has 2 amide bonds. The maximum absolute atomic E-state index is 13.2. The number of hydrogen-bond donors (Lipinski definition) is 0. The third-order valence-corrected chi connectivity index (χ3v) is 4.89. The number of nitrogens with zero attached hydrogens (tertiary/aromatic N) is 2. The van der Waals surface area contributed by atoms with Gasteiger partial charge in [-0.25, -0.2) is 0 Å². The van der Waals surface area contributed by atoms with Crippen molar-refractivity contribution in [3.8, 4) is 5.75 Å². The van der Waals surface area contributed by atoms with E-state index < -0.39 is 35.2 Å². The number of fused-ring (bicyclic) bond motifs is 1. The van der Waals surface area contributed by atoms with E-state index in [-0.39, 0.29) is 22.6 Å². The SMILES string of the molecule is O=C(CN1C(=O)c2ccccc2C1=O)C(Oc1ccccc1[N+](=O)[O-])c1ccccc1. The van der Waals surface area contributed by atoms with Crippen LogP contribution in [0.1, 0.15) is 32.4 Å². The Hall–Kier alpha value is -4.33. The third kappa shape index (κ3) is 3.78. The van der Waals surface area contributed by atoms with E-state index in [0.717, 1.165) is 4.90 Å². The van der Waals surface area contributed by atoms with Gasteiger partial charge in [0.15, 0.2) is 17.6 Å². The Morgan fingerprint density at radius 2 is 1.42 bits per heavy atom. The summed E-state index contributed by atoms with van der Waals surface area (Å²) in [4.78, 5) is 50.0. The lowest BCUT2D eigenvalue weighted by Crippen LogP contribution is -2.38. The van der Waals surface area contributed by atoms with E-state index in [1.165, 1.54) is 30.3 Å². The lowest BCUT2D eigenvalue weighted by molar-refractivity contribution is -0.386. The zero-order valence-electron chi connectivity index (χ0n) is 16.1. The molecule has 8 nitrogen and oxygen atoms in total. The van der Waals surface area contributed by atoms with E-state index in [1.54, 1.807) is 48.5 Å². The second-order valence-corrected chi connectivity index (χ2v) is 6.84. The van der Waals surface area contributed by atoms with Crippen molar-refractivity contribution >= 4 is 23.3 Å². The van der Waals surface area contributed by atoms with Gasteiger partial charge in [0.2, 0.25) is 0 Å². The maximum atomic E-state index is 13.2. The number of benzene rings is 3. The minimum absolute atomic E-state index is 0.0861. The van der Waals surface area contributed by atoms with Gasteiger partial charge >= 0.3 is 5.69 Å². The molecule has 1 unspecified atom stereocenters. The first kappa shape index (κ1) is 20.0. The van der Waals surface area contributed by atoms with Gasteiger partial charge in [-0.2, -0.15) is 0 Å². The standard InChI is InChI=1S/C23H16N2O6/c26-19(14-24-22(27)16-10-4-5-11-17(16)23(24)28)21(15-8-2-1-3-9-15)31-20-13-7-6-12-18(20)25(29)30/h1-13,21H,14H2. The lowest BCUT2D eigenvalue weighted by Gasteiger charge is -2.21. The van der Waals surface area contributed by atoms with E-state index in [0.29, 0.717) is 5.56 Å². The second-order valence-electron chi connectivity index (χ2n) is 6.84. The van der Waals surface area contributed by atoms with Gasteiger partial charge in [-0.05, 0) is 23.8 Å². The molecular formula is C23H16N2O6. The molecule has 0 N–H and O–H groups in total. The summed E-state index contributed by atoms with van der Waals surface area (Å²) >= 11 is 0. The number of nitro groups is 1. The summed E-state index contributed by atoms with van der Waals surface area (Å²) in [6, 6.07) is 20.5. The zero-order chi connectivity index (χ0) is 22.0. The van der Waals surface area contributed by atoms with Crippen LogP contribution in [0.3, 0.4) is 0 Å². The molecule has 0 bridgehead atoms. The lowest BCUT2D eigenvalue weighted by atomic mass is 10.0.